The van der Waals surface area contributed by atoms with Gasteiger partial charge in [-0.05, 0) is 6.07 Å². The number of hydrogen-bond acceptors (Lipinski definition) is 1. The largest absolute Gasteiger partial charge is 0.370 e. The van der Waals surface area contributed by atoms with Crippen LogP contribution in [0.3, 0.4) is 0 Å². The molecule has 0 spiro atoms. The van der Waals surface area contributed by atoms with Crippen molar-refractivity contribution in [3.63, 3.8) is 0 Å². The lowest BCUT2D eigenvalue weighted by atomic mass is 10.2. The first-order valence-electron chi connectivity index (χ1n) is 3.59. The van der Waals surface area contributed by atoms with Gasteiger partial charge in [-0.2, -0.15) is 0 Å². The molecule has 0 aromatic heterocycles. The van der Waals surface area contributed by atoms with Crippen molar-refractivity contribution in [3.8, 4) is 0 Å². The Morgan fingerprint density at radius 3 is 2.50 bits per heavy atom. The van der Waals surface area contributed by atoms with Gasteiger partial charge in [-0.3, -0.25) is 0 Å². The van der Waals surface area contributed by atoms with Gasteiger partial charge in [0.25, 0.3) is 0 Å². The van der Waals surface area contributed by atoms with E-state index in [0.717, 1.165) is 6.07 Å². The van der Waals surface area contributed by atoms with Crippen molar-refractivity contribution in [2.75, 3.05) is 0 Å². The van der Waals surface area contributed by atoms with Crippen molar-refractivity contribution in [3.05, 3.63) is 35.4 Å². The Hall–Kier alpha value is -1.36. The van der Waals surface area contributed by atoms with Crippen LogP contribution in [0.2, 0.25) is 0 Å². The van der Waals surface area contributed by atoms with Crippen molar-refractivity contribution < 1.29 is 8.78 Å². The lowest BCUT2D eigenvalue weighted by Crippen LogP contribution is -2.22. The molecule has 0 bridgehead atoms. The number of halogens is 3. The summed E-state index contributed by atoms with van der Waals surface area (Å²) in [5, 5.41) is 0. The summed E-state index contributed by atoms with van der Waals surface area (Å²) in [5.74, 6) is -1.96. The maximum absolute atomic E-state index is 12.9. The van der Waals surface area contributed by atoms with Crippen LogP contribution in [0.25, 0.3) is 0 Å². The van der Waals surface area contributed by atoms with E-state index in [0.29, 0.717) is 0 Å². The van der Waals surface area contributed by atoms with Gasteiger partial charge in [0.1, 0.15) is 0 Å². The van der Waals surface area contributed by atoms with E-state index in [4.69, 9.17) is 11.5 Å². The normalized spacial score (nSPS) is 9.00. The zero-order valence-corrected chi connectivity index (χ0v) is 8.02. The maximum Gasteiger partial charge on any atom is 0.186 e. The first kappa shape index (κ1) is 12.6. The molecule has 14 heavy (non-hydrogen) atoms. The van der Waals surface area contributed by atoms with E-state index in [1.165, 1.54) is 12.1 Å². The van der Waals surface area contributed by atoms with Crippen LogP contribution >= 0.6 is 12.4 Å². The molecular weight excluding hydrogens is 212 g/mol. The number of guanidine groups is 1. The van der Waals surface area contributed by atoms with E-state index in [-0.39, 0.29) is 30.5 Å². The zero-order valence-electron chi connectivity index (χ0n) is 7.21. The molecule has 0 fully saturated rings. The molecule has 0 heterocycles. The highest BCUT2D eigenvalue weighted by atomic mass is 35.5. The van der Waals surface area contributed by atoms with Crippen LogP contribution in [-0.2, 0) is 6.54 Å². The highest BCUT2D eigenvalue weighted by Gasteiger charge is 2.05. The molecule has 4 N–H and O–H groups in total. The van der Waals surface area contributed by atoms with Gasteiger partial charge in [0.2, 0.25) is 0 Å². The molecule has 6 heteroatoms. The third kappa shape index (κ3) is 3.18. The number of nitrogens with two attached hydrogens (primary N) is 2. The number of rotatable bonds is 2. The summed E-state index contributed by atoms with van der Waals surface area (Å²) < 4.78 is 25.5. The summed E-state index contributed by atoms with van der Waals surface area (Å²) in [6.07, 6.45) is 0. The van der Waals surface area contributed by atoms with Gasteiger partial charge in [-0.1, -0.05) is 12.1 Å². The Balaban J connectivity index is 0.00000169. The van der Waals surface area contributed by atoms with Crippen molar-refractivity contribution in [1.82, 2.24) is 0 Å². The molecular formula is C8H10ClF2N3. The molecule has 78 valence electrons. The second-order valence-electron chi connectivity index (χ2n) is 2.45. The van der Waals surface area contributed by atoms with Crippen LogP contribution in [0.1, 0.15) is 5.56 Å². The highest BCUT2D eigenvalue weighted by molar-refractivity contribution is 5.85. The summed E-state index contributed by atoms with van der Waals surface area (Å²) in [7, 11) is 0. The third-order valence-corrected chi connectivity index (χ3v) is 1.46. The number of aliphatic imine (C=N–C) groups is 1. The standard InChI is InChI=1S/C8H9F2N3.ClH/c9-6-3-1-2-5(7(6)10)4-13-8(11)12;/h1-3H,4H2,(H4,11,12,13);1H. The van der Waals surface area contributed by atoms with Crippen LogP contribution in [0, 0.1) is 11.6 Å². The first-order chi connectivity index (χ1) is 6.11. The van der Waals surface area contributed by atoms with E-state index in [2.05, 4.69) is 4.99 Å². The predicted octanol–water partition coefficient (Wildman–Crippen LogP) is 1.16. The van der Waals surface area contributed by atoms with Gasteiger partial charge < -0.3 is 11.5 Å². The van der Waals surface area contributed by atoms with Crippen molar-refractivity contribution >= 4 is 18.4 Å². The lowest BCUT2D eigenvalue weighted by Gasteiger charge is -1.99. The van der Waals surface area contributed by atoms with Crippen LogP contribution in [0.15, 0.2) is 23.2 Å². The quantitative estimate of drug-likeness (QED) is 0.582. The monoisotopic (exact) mass is 221 g/mol. The molecule has 0 saturated heterocycles. The molecule has 0 aliphatic rings. The fourth-order valence-corrected chi connectivity index (χ4v) is 0.847. The van der Waals surface area contributed by atoms with Crippen LogP contribution in [-0.4, -0.2) is 5.96 Å². The van der Waals surface area contributed by atoms with Crippen LogP contribution < -0.4 is 11.5 Å². The first-order valence-corrected chi connectivity index (χ1v) is 3.59. The Morgan fingerprint density at radius 1 is 1.29 bits per heavy atom. The summed E-state index contributed by atoms with van der Waals surface area (Å²) in [6.45, 7) is -0.0497. The molecule has 1 rings (SSSR count). The Kier molecular flexibility index (Phi) is 4.86. The molecule has 0 radical (unpaired) electrons. The predicted molar refractivity (Wildman–Crippen MR) is 53.1 cm³/mol. The van der Waals surface area contributed by atoms with Crippen LogP contribution in [0.5, 0.6) is 0 Å². The van der Waals surface area contributed by atoms with E-state index in [9.17, 15) is 8.78 Å². The van der Waals surface area contributed by atoms with Gasteiger partial charge in [0.05, 0.1) is 6.54 Å². The number of benzene rings is 1. The third-order valence-electron chi connectivity index (χ3n) is 1.46. The van der Waals surface area contributed by atoms with E-state index in [1.807, 2.05) is 0 Å². The van der Waals surface area contributed by atoms with Crippen LogP contribution in [0.4, 0.5) is 8.78 Å². The van der Waals surface area contributed by atoms with Gasteiger partial charge in [-0.25, -0.2) is 13.8 Å². The SMILES string of the molecule is Cl.NC(N)=NCc1cccc(F)c1F. The van der Waals surface area contributed by atoms with Gasteiger partial charge in [-0.15, -0.1) is 12.4 Å². The Morgan fingerprint density at radius 2 is 1.93 bits per heavy atom. The topological polar surface area (TPSA) is 64.4 Å². The fraction of sp³-hybridized carbons (Fsp3) is 0.125. The molecule has 3 nitrogen and oxygen atoms in total. The molecule has 0 aliphatic carbocycles. The maximum atomic E-state index is 12.9. The van der Waals surface area contributed by atoms with Gasteiger partial charge in [0, 0.05) is 5.56 Å². The number of hydrogen-bond donors (Lipinski definition) is 2. The second-order valence-corrected chi connectivity index (χ2v) is 2.45. The molecule has 0 unspecified atom stereocenters. The Bertz CT molecular complexity index is 337. The minimum Gasteiger partial charge on any atom is -0.370 e. The molecule has 0 atom stereocenters. The molecule has 0 amide bonds. The fourth-order valence-electron chi connectivity index (χ4n) is 0.847. The van der Waals surface area contributed by atoms with E-state index < -0.39 is 11.6 Å². The van der Waals surface area contributed by atoms with Crippen molar-refractivity contribution in [1.29, 1.82) is 0 Å². The smallest absolute Gasteiger partial charge is 0.186 e. The summed E-state index contributed by atoms with van der Waals surface area (Å²) in [5.41, 5.74) is 10.2. The zero-order chi connectivity index (χ0) is 9.84. The van der Waals surface area contributed by atoms with E-state index in [1.54, 1.807) is 0 Å². The number of nitrogens with zero attached hydrogens (tertiary/aromatic N) is 1. The molecule has 1 aromatic rings. The average Bonchev–Trinajstić information content (AvgIpc) is 2.07. The molecule has 1 aromatic carbocycles. The van der Waals surface area contributed by atoms with Crippen molar-refractivity contribution in [2.45, 2.75) is 6.54 Å². The Labute approximate surface area is 86.2 Å². The van der Waals surface area contributed by atoms with Gasteiger partial charge in [0.15, 0.2) is 17.6 Å². The minimum atomic E-state index is -0.910. The average molecular weight is 222 g/mol. The molecule has 0 saturated carbocycles. The van der Waals surface area contributed by atoms with E-state index >= 15 is 0 Å². The lowest BCUT2D eigenvalue weighted by molar-refractivity contribution is 0.499. The summed E-state index contributed by atoms with van der Waals surface area (Å²) >= 11 is 0. The highest BCUT2D eigenvalue weighted by Crippen LogP contribution is 2.11. The van der Waals surface area contributed by atoms with Crippen molar-refractivity contribution in [2.24, 2.45) is 16.5 Å². The minimum absolute atomic E-state index is 0. The summed E-state index contributed by atoms with van der Waals surface area (Å²) in [6, 6.07) is 3.86. The second kappa shape index (κ2) is 5.39. The summed E-state index contributed by atoms with van der Waals surface area (Å²) in [4.78, 5) is 3.56. The van der Waals surface area contributed by atoms with Gasteiger partial charge >= 0.3 is 0 Å². The molecule has 0 aliphatic heterocycles.